The van der Waals surface area contributed by atoms with Crippen molar-refractivity contribution in [3.8, 4) is 5.75 Å². The number of aliphatic carboxylic acids is 1. The number of carbonyl (C=O) groups is 1. The van der Waals surface area contributed by atoms with Crippen LogP contribution in [0, 0.1) is 6.92 Å². The van der Waals surface area contributed by atoms with Crippen LogP contribution in [0.15, 0.2) is 39.4 Å². The molecule has 0 unspecified atom stereocenters. The number of furan rings is 1. The van der Waals surface area contributed by atoms with Crippen LogP contribution in [0.25, 0.3) is 0 Å². The maximum Gasteiger partial charge on any atom is 0.333 e. The van der Waals surface area contributed by atoms with Crippen molar-refractivity contribution in [1.29, 1.82) is 0 Å². The standard InChI is InChI=1S/C17H19BrO5/c1-3-21-14(17(19)20)9-12-4-6-13(7-5-12)22-10-15-11(2)8-16(18)23-15/h4-8,14H,3,9-10H2,1-2H3,(H,19,20)/t14-/m0/s1. The highest BCUT2D eigenvalue weighted by Gasteiger charge is 2.17. The molecule has 0 aliphatic carbocycles. The van der Waals surface area contributed by atoms with Gasteiger partial charge in [-0.15, -0.1) is 0 Å². The molecule has 0 radical (unpaired) electrons. The molecule has 2 aromatic rings. The van der Waals surface area contributed by atoms with E-state index in [-0.39, 0.29) is 0 Å². The van der Waals surface area contributed by atoms with Gasteiger partial charge in [-0.2, -0.15) is 0 Å². The summed E-state index contributed by atoms with van der Waals surface area (Å²) in [6, 6.07) is 9.20. The molecular formula is C17H19BrO5. The second-order valence-corrected chi connectivity index (χ2v) is 5.86. The zero-order chi connectivity index (χ0) is 16.8. The van der Waals surface area contributed by atoms with Crippen molar-refractivity contribution in [2.24, 2.45) is 0 Å². The number of halogens is 1. The first-order valence-corrected chi connectivity index (χ1v) is 8.09. The Hall–Kier alpha value is -1.79. The van der Waals surface area contributed by atoms with Crippen LogP contribution in [-0.2, 0) is 22.6 Å². The summed E-state index contributed by atoms with van der Waals surface area (Å²) >= 11 is 3.28. The fourth-order valence-corrected chi connectivity index (χ4v) is 2.66. The molecule has 0 saturated carbocycles. The lowest BCUT2D eigenvalue weighted by molar-refractivity contribution is -0.149. The number of aryl methyl sites for hydroxylation is 1. The summed E-state index contributed by atoms with van der Waals surface area (Å²) in [5.41, 5.74) is 1.91. The molecular weight excluding hydrogens is 364 g/mol. The number of carboxylic acid groups (broad SMARTS) is 1. The number of benzene rings is 1. The van der Waals surface area contributed by atoms with E-state index in [0.29, 0.717) is 30.1 Å². The number of ether oxygens (including phenoxy) is 2. The van der Waals surface area contributed by atoms with Crippen LogP contribution in [0.3, 0.4) is 0 Å². The van der Waals surface area contributed by atoms with E-state index < -0.39 is 12.1 Å². The van der Waals surface area contributed by atoms with Gasteiger partial charge in [0.2, 0.25) is 0 Å². The minimum Gasteiger partial charge on any atom is -0.486 e. The van der Waals surface area contributed by atoms with E-state index in [4.69, 9.17) is 19.0 Å². The average molecular weight is 383 g/mol. The van der Waals surface area contributed by atoms with Gasteiger partial charge in [-0.05, 0) is 59.1 Å². The Morgan fingerprint density at radius 3 is 2.57 bits per heavy atom. The van der Waals surface area contributed by atoms with E-state index in [9.17, 15) is 4.79 Å². The summed E-state index contributed by atoms with van der Waals surface area (Å²) in [7, 11) is 0. The molecule has 1 N–H and O–H groups in total. The van der Waals surface area contributed by atoms with Crippen molar-refractivity contribution in [3.63, 3.8) is 0 Å². The van der Waals surface area contributed by atoms with Crippen LogP contribution in [-0.4, -0.2) is 23.8 Å². The molecule has 1 atom stereocenters. The first kappa shape index (κ1) is 17.6. The molecule has 0 amide bonds. The van der Waals surface area contributed by atoms with Crippen LogP contribution < -0.4 is 4.74 Å². The largest absolute Gasteiger partial charge is 0.486 e. The molecule has 0 saturated heterocycles. The molecule has 0 aliphatic heterocycles. The predicted octanol–water partition coefficient (Wildman–Crippen LogP) is 3.96. The van der Waals surface area contributed by atoms with Gasteiger partial charge in [-0.25, -0.2) is 4.79 Å². The van der Waals surface area contributed by atoms with E-state index >= 15 is 0 Å². The highest BCUT2D eigenvalue weighted by molar-refractivity contribution is 9.10. The quantitative estimate of drug-likeness (QED) is 0.747. The molecule has 1 aromatic heterocycles. The minimum atomic E-state index is -0.953. The lowest BCUT2D eigenvalue weighted by Gasteiger charge is -2.12. The van der Waals surface area contributed by atoms with Crippen LogP contribution in [0.2, 0.25) is 0 Å². The number of rotatable bonds is 8. The molecule has 5 nitrogen and oxygen atoms in total. The zero-order valence-corrected chi connectivity index (χ0v) is 14.6. The van der Waals surface area contributed by atoms with Crippen LogP contribution in [0.1, 0.15) is 23.8 Å². The fraction of sp³-hybridized carbons (Fsp3) is 0.353. The molecule has 0 fully saturated rings. The van der Waals surface area contributed by atoms with E-state index in [2.05, 4.69) is 15.9 Å². The molecule has 1 heterocycles. The Labute approximate surface area is 143 Å². The van der Waals surface area contributed by atoms with Gasteiger partial charge in [0.15, 0.2) is 10.8 Å². The third-order valence-electron chi connectivity index (χ3n) is 3.35. The fourth-order valence-electron chi connectivity index (χ4n) is 2.13. The molecule has 2 rings (SSSR count). The zero-order valence-electron chi connectivity index (χ0n) is 13.0. The maximum absolute atomic E-state index is 11.1. The third kappa shape index (κ3) is 5.11. The molecule has 0 bridgehead atoms. The Balaban J connectivity index is 1.93. The van der Waals surface area contributed by atoms with Gasteiger partial charge in [-0.3, -0.25) is 0 Å². The number of hydrogen-bond donors (Lipinski definition) is 1. The Kier molecular flexibility index (Phi) is 6.24. The lowest BCUT2D eigenvalue weighted by atomic mass is 10.1. The van der Waals surface area contributed by atoms with E-state index in [1.54, 1.807) is 6.92 Å². The topological polar surface area (TPSA) is 68.9 Å². The second-order valence-electron chi connectivity index (χ2n) is 5.08. The van der Waals surface area contributed by atoms with E-state index in [1.807, 2.05) is 37.3 Å². The molecule has 1 aromatic carbocycles. The van der Waals surface area contributed by atoms with Gasteiger partial charge < -0.3 is 19.0 Å². The average Bonchev–Trinajstić information content (AvgIpc) is 2.84. The number of carboxylic acids is 1. The highest BCUT2D eigenvalue weighted by Crippen LogP contribution is 2.22. The first-order valence-electron chi connectivity index (χ1n) is 7.30. The highest BCUT2D eigenvalue weighted by atomic mass is 79.9. The van der Waals surface area contributed by atoms with Crippen molar-refractivity contribution in [1.82, 2.24) is 0 Å². The summed E-state index contributed by atoms with van der Waals surface area (Å²) in [6.07, 6.45) is -0.497. The van der Waals surface area contributed by atoms with Gasteiger partial charge in [0.25, 0.3) is 0 Å². The Bertz CT molecular complexity index is 648. The smallest absolute Gasteiger partial charge is 0.333 e. The summed E-state index contributed by atoms with van der Waals surface area (Å²) in [4.78, 5) is 11.1. The molecule has 0 spiro atoms. The van der Waals surface area contributed by atoms with Crippen LogP contribution in [0.4, 0.5) is 0 Å². The summed E-state index contributed by atoms with van der Waals surface area (Å²) in [5, 5.41) is 9.09. The van der Waals surface area contributed by atoms with E-state index in [0.717, 1.165) is 16.9 Å². The van der Waals surface area contributed by atoms with Crippen molar-refractivity contribution < 1.29 is 23.8 Å². The number of hydrogen-bond acceptors (Lipinski definition) is 4. The monoisotopic (exact) mass is 382 g/mol. The van der Waals surface area contributed by atoms with Crippen molar-refractivity contribution in [2.75, 3.05) is 6.61 Å². The van der Waals surface area contributed by atoms with E-state index in [1.165, 1.54) is 0 Å². The SMILES string of the molecule is CCO[C@@H](Cc1ccc(OCc2oc(Br)cc2C)cc1)C(=O)O. The van der Waals surface area contributed by atoms with Crippen molar-refractivity contribution in [3.05, 3.63) is 51.9 Å². The van der Waals surface area contributed by atoms with Gasteiger partial charge in [0, 0.05) is 13.0 Å². The lowest BCUT2D eigenvalue weighted by Crippen LogP contribution is -2.26. The Morgan fingerprint density at radius 2 is 2.04 bits per heavy atom. The van der Waals surface area contributed by atoms with Crippen LogP contribution in [0.5, 0.6) is 5.75 Å². The second kappa shape index (κ2) is 8.17. The predicted molar refractivity (Wildman–Crippen MR) is 88.7 cm³/mol. The maximum atomic E-state index is 11.1. The van der Waals surface area contributed by atoms with Crippen LogP contribution >= 0.6 is 15.9 Å². The van der Waals surface area contributed by atoms with Crippen molar-refractivity contribution >= 4 is 21.9 Å². The van der Waals surface area contributed by atoms with Crippen molar-refractivity contribution in [2.45, 2.75) is 33.0 Å². The molecule has 0 aliphatic rings. The van der Waals surface area contributed by atoms with Gasteiger partial charge in [0.05, 0.1) is 0 Å². The molecule has 23 heavy (non-hydrogen) atoms. The molecule has 124 valence electrons. The van der Waals surface area contributed by atoms with Gasteiger partial charge in [0.1, 0.15) is 18.1 Å². The summed E-state index contributed by atoms with van der Waals surface area (Å²) < 4.78 is 17.0. The van der Waals surface area contributed by atoms with Gasteiger partial charge >= 0.3 is 5.97 Å². The third-order valence-corrected chi connectivity index (χ3v) is 3.74. The normalized spacial score (nSPS) is 12.1. The summed E-state index contributed by atoms with van der Waals surface area (Å²) in [6.45, 7) is 4.45. The molecule has 6 heteroatoms. The first-order chi connectivity index (χ1) is 11.0. The Morgan fingerprint density at radius 1 is 1.35 bits per heavy atom. The van der Waals surface area contributed by atoms with Gasteiger partial charge in [-0.1, -0.05) is 12.1 Å². The minimum absolute atomic E-state index is 0.327. The summed E-state index contributed by atoms with van der Waals surface area (Å²) in [5.74, 6) is 0.512.